The fourth-order valence-corrected chi connectivity index (χ4v) is 4.42. The van der Waals surface area contributed by atoms with Gasteiger partial charge in [-0.3, -0.25) is 9.59 Å². The molecule has 1 spiro atoms. The van der Waals surface area contributed by atoms with Gasteiger partial charge in [-0.25, -0.2) is 4.68 Å². The number of hydrogen-bond acceptors (Lipinski definition) is 6. The van der Waals surface area contributed by atoms with Crippen molar-refractivity contribution in [3.63, 3.8) is 0 Å². The molecule has 1 aromatic heterocycles. The second-order valence-electron chi connectivity index (χ2n) is 8.20. The van der Waals surface area contributed by atoms with Crippen LogP contribution >= 0.6 is 0 Å². The van der Waals surface area contributed by atoms with Crippen LogP contribution in [0.5, 0.6) is 5.75 Å². The SMILES string of the molecule is CCOc1ccccc1/C=C/C(=O)N1CCC2(CC1)CCN(C(=O)Cn1cnnn1)C2. The van der Waals surface area contributed by atoms with Crippen LogP contribution < -0.4 is 4.74 Å². The van der Waals surface area contributed by atoms with Gasteiger partial charge in [0.2, 0.25) is 11.8 Å². The predicted octanol–water partition coefficient (Wildman–Crippen LogP) is 1.63. The molecule has 0 radical (unpaired) electrons. The average molecular weight is 425 g/mol. The largest absolute Gasteiger partial charge is 0.493 e. The van der Waals surface area contributed by atoms with Crippen LogP contribution in [0.1, 0.15) is 31.7 Å². The average Bonchev–Trinajstić information content (AvgIpc) is 3.44. The van der Waals surface area contributed by atoms with Gasteiger partial charge in [0.05, 0.1) is 6.61 Å². The molecule has 31 heavy (non-hydrogen) atoms. The van der Waals surface area contributed by atoms with Crippen LogP contribution in [0.3, 0.4) is 0 Å². The van der Waals surface area contributed by atoms with E-state index in [0.717, 1.165) is 43.7 Å². The number of benzene rings is 1. The lowest BCUT2D eigenvalue weighted by Crippen LogP contribution is -2.44. The third kappa shape index (κ3) is 4.92. The topological polar surface area (TPSA) is 93.5 Å². The van der Waals surface area contributed by atoms with Gasteiger partial charge in [0.1, 0.15) is 18.6 Å². The lowest BCUT2D eigenvalue weighted by atomic mass is 9.78. The van der Waals surface area contributed by atoms with E-state index >= 15 is 0 Å². The highest BCUT2D eigenvalue weighted by Gasteiger charge is 2.42. The Hall–Kier alpha value is -3.23. The van der Waals surface area contributed by atoms with Crippen molar-refractivity contribution in [2.45, 2.75) is 32.7 Å². The molecule has 3 heterocycles. The van der Waals surface area contributed by atoms with Gasteiger partial charge in [-0.15, -0.1) is 5.10 Å². The van der Waals surface area contributed by atoms with Crippen molar-refractivity contribution in [1.82, 2.24) is 30.0 Å². The Kier molecular flexibility index (Phi) is 6.29. The minimum atomic E-state index is 0.0192. The smallest absolute Gasteiger partial charge is 0.246 e. The second kappa shape index (κ2) is 9.28. The van der Waals surface area contributed by atoms with E-state index in [0.29, 0.717) is 19.7 Å². The number of amides is 2. The number of likely N-dealkylation sites (tertiary alicyclic amines) is 2. The van der Waals surface area contributed by atoms with Crippen LogP contribution in [0, 0.1) is 5.41 Å². The van der Waals surface area contributed by atoms with Gasteiger partial charge in [0.25, 0.3) is 0 Å². The van der Waals surface area contributed by atoms with Crippen molar-refractivity contribution in [2.75, 3.05) is 32.8 Å². The van der Waals surface area contributed by atoms with Crippen LogP contribution in [-0.4, -0.2) is 74.6 Å². The minimum absolute atomic E-state index is 0.0192. The molecule has 2 aromatic rings. The van der Waals surface area contributed by atoms with E-state index in [-0.39, 0.29) is 23.8 Å². The molecule has 9 heteroatoms. The van der Waals surface area contributed by atoms with Gasteiger partial charge < -0.3 is 14.5 Å². The molecule has 0 bridgehead atoms. The molecule has 0 saturated carbocycles. The molecule has 9 nitrogen and oxygen atoms in total. The summed E-state index contributed by atoms with van der Waals surface area (Å²) in [7, 11) is 0. The van der Waals surface area contributed by atoms with Crippen molar-refractivity contribution < 1.29 is 14.3 Å². The number of tetrazole rings is 1. The summed E-state index contributed by atoms with van der Waals surface area (Å²) in [4.78, 5) is 29.0. The number of carbonyl (C=O) groups excluding carboxylic acids is 2. The number of ether oxygens (including phenoxy) is 1. The zero-order valence-corrected chi connectivity index (χ0v) is 17.8. The Bertz CT molecular complexity index is 934. The van der Waals surface area contributed by atoms with E-state index in [4.69, 9.17) is 4.74 Å². The Morgan fingerprint density at radius 3 is 2.58 bits per heavy atom. The summed E-state index contributed by atoms with van der Waals surface area (Å²) in [5.41, 5.74) is 1.01. The van der Waals surface area contributed by atoms with E-state index in [1.807, 2.05) is 47.1 Å². The fourth-order valence-electron chi connectivity index (χ4n) is 4.42. The normalized spacial score (nSPS) is 18.1. The van der Waals surface area contributed by atoms with Crippen molar-refractivity contribution in [2.24, 2.45) is 5.41 Å². The third-order valence-corrected chi connectivity index (χ3v) is 6.24. The monoisotopic (exact) mass is 424 g/mol. The zero-order valence-electron chi connectivity index (χ0n) is 17.8. The Labute approximate surface area is 181 Å². The number of aromatic nitrogens is 4. The summed E-state index contributed by atoms with van der Waals surface area (Å²) in [6.45, 7) is 5.62. The molecule has 2 aliphatic heterocycles. The summed E-state index contributed by atoms with van der Waals surface area (Å²) in [6, 6.07) is 7.71. The number of hydrogen-bond donors (Lipinski definition) is 0. The molecule has 0 N–H and O–H groups in total. The first kappa shape index (κ1) is 21.0. The van der Waals surface area contributed by atoms with E-state index < -0.39 is 0 Å². The minimum Gasteiger partial charge on any atom is -0.493 e. The first-order valence-electron chi connectivity index (χ1n) is 10.8. The molecule has 2 fully saturated rings. The second-order valence-corrected chi connectivity index (χ2v) is 8.20. The third-order valence-electron chi connectivity index (χ3n) is 6.24. The molecule has 2 aliphatic rings. The zero-order chi connectivity index (χ0) is 21.7. The highest BCUT2D eigenvalue weighted by Crippen LogP contribution is 2.40. The van der Waals surface area contributed by atoms with E-state index in [9.17, 15) is 9.59 Å². The quantitative estimate of drug-likeness (QED) is 0.655. The molecule has 4 rings (SSSR count). The molecule has 2 saturated heterocycles. The summed E-state index contributed by atoms with van der Waals surface area (Å²) in [5.74, 6) is 0.841. The molecule has 1 aromatic carbocycles. The first-order valence-corrected chi connectivity index (χ1v) is 10.8. The highest BCUT2D eigenvalue weighted by atomic mass is 16.5. The van der Waals surface area contributed by atoms with Crippen molar-refractivity contribution in [3.05, 3.63) is 42.2 Å². The maximum absolute atomic E-state index is 12.7. The maximum Gasteiger partial charge on any atom is 0.246 e. The van der Waals surface area contributed by atoms with Gasteiger partial charge in [0, 0.05) is 37.8 Å². The summed E-state index contributed by atoms with van der Waals surface area (Å²) in [6.07, 6.45) is 7.72. The summed E-state index contributed by atoms with van der Waals surface area (Å²) >= 11 is 0. The molecular formula is C22H28N6O3. The molecule has 0 unspecified atom stereocenters. The molecule has 0 atom stereocenters. The Morgan fingerprint density at radius 2 is 1.87 bits per heavy atom. The lowest BCUT2D eigenvalue weighted by Gasteiger charge is -2.38. The summed E-state index contributed by atoms with van der Waals surface area (Å²) in [5, 5.41) is 10.9. The van der Waals surface area contributed by atoms with E-state index in [1.165, 1.54) is 11.0 Å². The van der Waals surface area contributed by atoms with Crippen LogP contribution in [-0.2, 0) is 16.1 Å². The van der Waals surface area contributed by atoms with Gasteiger partial charge in [0.15, 0.2) is 0 Å². The molecule has 164 valence electrons. The number of carbonyl (C=O) groups is 2. The van der Waals surface area contributed by atoms with Gasteiger partial charge in [-0.1, -0.05) is 18.2 Å². The fraction of sp³-hybridized carbons (Fsp3) is 0.500. The molecule has 0 aliphatic carbocycles. The number of para-hydroxylation sites is 1. The van der Waals surface area contributed by atoms with E-state index in [2.05, 4.69) is 15.5 Å². The lowest BCUT2D eigenvalue weighted by molar-refractivity contribution is -0.132. The number of nitrogens with zero attached hydrogens (tertiary/aromatic N) is 6. The Balaban J connectivity index is 1.29. The van der Waals surface area contributed by atoms with Crippen LogP contribution in [0.25, 0.3) is 6.08 Å². The first-order chi connectivity index (χ1) is 15.1. The maximum atomic E-state index is 12.7. The standard InChI is InChI=1S/C22H28N6O3/c1-2-31-19-6-4-3-5-18(19)7-8-20(29)26-12-9-22(10-13-26)11-14-27(16-22)21(30)15-28-17-23-24-25-28/h3-8,17H,2,9-16H2,1H3/b8-7+. The van der Waals surface area contributed by atoms with Crippen molar-refractivity contribution in [3.8, 4) is 5.75 Å². The van der Waals surface area contributed by atoms with Gasteiger partial charge in [-0.05, 0) is 54.2 Å². The van der Waals surface area contributed by atoms with Crippen molar-refractivity contribution >= 4 is 17.9 Å². The van der Waals surface area contributed by atoms with Gasteiger partial charge >= 0.3 is 0 Å². The van der Waals surface area contributed by atoms with Gasteiger partial charge in [-0.2, -0.15) is 0 Å². The van der Waals surface area contributed by atoms with Crippen LogP contribution in [0.4, 0.5) is 0 Å². The predicted molar refractivity (Wildman–Crippen MR) is 114 cm³/mol. The van der Waals surface area contributed by atoms with E-state index in [1.54, 1.807) is 6.08 Å². The van der Waals surface area contributed by atoms with Crippen LogP contribution in [0.2, 0.25) is 0 Å². The van der Waals surface area contributed by atoms with Crippen LogP contribution in [0.15, 0.2) is 36.7 Å². The Morgan fingerprint density at radius 1 is 1.13 bits per heavy atom. The summed E-state index contributed by atoms with van der Waals surface area (Å²) < 4.78 is 7.07. The number of rotatable bonds is 6. The molecule has 2 amide bonds. The van der Waals surface area contributed by atoms with Crippen molar-refractivity contribution in [1.29, 1.82) is 0 Å². The highest BCUT2D eigenvalue weighted by molar-refractivity contribution is 5.92. The molecular weight excluding hydrogens is 396 g/mol. The number of piperidine rings is 1.